The van der Waals surface area contributed by atoms with Crippen LogP contribution in [0.2, 0.25) is 0 Å². The molecule has 0 aromatic rings. The van der Waals surface area contributed by atoms with Crippen molar-refractivity contribution in [3.8, 4) is 0 Å². The van der Waals surface area contributed by atoms with E-state index in [2.05, 4.69) is 4.74 Å². The van der Waals surface area contributed by atoms with Crippen molar-refractivity contribution in [1.82, 2.24) is 0 Å². The average Bonchev–Trinajstić information content (AvgIpc) is 2.34. The lowest BCUT2D eigenvalue weighted by molar-refractivity contribution is -0.436. The molecule has 0 rings (SSSR count). The van der Waals surface area contributed by atoms with Crippen molar-refractivity contribution in [3.05, 3.63) is 0 Å². The zero-order chi connectivity index (χ0) is 19.9. The lowest BCUT2D eigenvalue weighted by Crippen LogP contribution is -2.62. The van der Waals surface area contributed by atoms with Gasteiger partial charge in [0.2, 0.25) is 0 Å². The van der Waals surface area contributed by atoms with E-state index in [0.717, 1.165) is 6.92 Å². The predicted octanol–water partition coefficient (Wildman–Crippen LogP) is 5.27. The summed E-state index contributed by atoms with van der Waals surface area (Å²) in [5.41, 5.74) is -1.81. The van der Waals surface area contributed by atoms with Crippen LogP contribution in [-0.4, -0.2) is 30.1 Å². The van der Waals surface area contributed by atoms with Crippen molar-refractivity contribution in [3.63, 3.8) is 0 Å². The Kier molecular flexibility index (Phi) is 5.98. The summed E-state index contributed by atoms with van der Waals surface area (Å²) in [5, 5.41) is 0. The molecule has 144 valence electrons. The van der Waals surface area contributed by atoms with Crippen molar-refractivity contribution in [1.29, 1.82) is 0 Å². The van der Waals surface area contributed by atoms with Crippen molar-refractivity contribution in [2.45, 2.75) is 58.7 Å². The fourth-order valence-electron chi connectivity index (χ4n) is 1.79. The summed E-state index contributed by atoms with van der Waals surface area (Å²) < 4.78 is 118. The first-order valence-corrected chi connectivity index (χ1v) is 6.70. The van der Waals surface area contributed by atoms with Gasteiger partial charge >= 0.3 is 30.1 Å². The van der Waals surface area contributed by atoms with Gasteiger partial charge in [-0.2, -0.15) is 39.5 Å². The summed E-state index contributed by atoms with van der Waals surface area (Å²) in [6, 6.07) is 0. The van der Waals surface area contributed by atoms with Crippen LogP contribution < -0.4 is 0 Å². The minimum atomic E-state index is -7.10. The van der Waals surface area contributed by atoms with Crippen LogP contribution in [0.4, 0.5) is 39.5 Å². The summed E-state index contributed by atoms with van der Waals surface area (Å²) in [7, 11) is 0. The molecule has 0 N–H and O–H groups in total. The third kappa shape index (κ3) is 3.44. The highest BCUT2D eigenvalue weighted by atomic mass is 19.4. The van der Waals surface area contributed by atoms with Crippen molar-refractivity contribution < 1.29 is 49.0 Å². The monoisotopic (exact) mass is 376 g/mol. The van der Waals surface area contributed by atoms with Gasteiger partial charge in [0.1, 0.15) is 0 Å². The zero-order valence-corrected chi connectivity index (χ0v) is 13.4. The Morgan fingerprint density at radius 3 is 1.33 bits per heavy atom. The topological polar surface area (TPSA) is 26.3 Å². The number of ether oxygens (including phenoxy) is 1. The van der Waals surface area contributed by atoms with Gasteiger partial charge in [-0.3, -0.25) is 4.79 Å². The quantitative estimate of drug-likeness (QED) is 0.466. The Morgan fingerprint density at radius 2 is 1.08 bits per heavy atom. The van der Waals surface area contributed by atoms with E-state index < -0.39 is 47.4 Å². The van der Waals surface area contributed by atoms with Gasteiger partial charge in [0, 0.05) is 0 Å². The minimum Gasteiger partial charge on any atom is -0.396 e. The number of hydrogen-bond acceptors (Lipinski definition) is 2. The van der Waals surface area contributed by atoms with Crippen LogP contribution in [0.3, 0.4) is 0 Å². The Bertz CT molecular complexity index is 459. The fraction of sp³-hybridized carbons (Fsp3) is 0.923. The van der Waals surface area contributed by atoms with E-state index in [1.807, 2.05) is 0 Å². The largest absolute Gasteiger partial charge is 0.473 e. The maximum absolute atomic E-state index is 13.4. The number of carbonyl (C=O) groups excluding carboxylic acids is 1. The van der Waals surface area contributed by atoms with Gasteiger partial charge in [-0.25, -0.2) is 0 Å². The molecule has 0 aliphatic rings. The van der Waals surface area contributed by atoms with Crippen molar-refractivity contribution in [2.24, 2.45) is 17.3 Å². The first-order valence-electron chi connectivity index (χ1n) is 6.70. The molecule has 0 heterocycles. The Hall–Kier alpha value is -1.16. The van der Waals surface area contributed by atoms with Crippen molar-refractivity contribution >= 4 is 5.97 Å². The molecule has 0 spiro atoms. The van der Waals surface area contributed by atoms with E-state index in [9.17, 15) is 44.3 Å². The second-order valence-electron chi connectivity index (χ2n) is 6.14. The molecule has 0 atom stereocenters. The highest BCUT2D eigenvalue weighted by molar-refractivity contribution is 5.77. The molecule has 0 saturated carbocycles. The van der Waals surface area contributed by atoms with Crippen LogP contribution in [0, 0.1) is 17.3 Å². The van der Waals surface area contributed by atoms with Crippen LogP contribution in [0.25, 0.3) is 0 Å². The number of rotatable bonds is 6. The molecule has 24 heavy (non-hydrogen) atoms. The van der Waals surface area contributed by atoms with Gasteiger partial charge in [-0.05, 0) is 18.8 Å². The number of esters is 1. The van der Waals surface area contributed by atoms with Gasteiger partial charge in [-0.15, -0.1) is 0 Å². The standard InChI is InChI=1S/C13H17F9O2/c1-6(2)9(5,7(3)4)8(23)24-13(21,22)11(16,17)10(14,15)12(18,19)20/h6-7H,1-5H3. The molecule has 0 aromatic carbocycles. The molecule has 0 unspecified atom stereocenters. The third-order valence-corrected chi connectivity index (χ3v) is 4.18. The molecule has 0 aliphatic carbocycles. The molecule has 0 bridgehead atoms. The second kappa shape index (κ2) is 6.29. The van der Waals surface area contributed by atoms with E-state index >= 15 is 0 Å². The molecule has 11 heteroatoms. The van der Waals surface area contributed by atoms with Crippen LogP contribution in [0.1, 0.15) is 34.6 Å². The fourth-order valence-corrected chi connectivity index (χ4v) is 1.79. The van der Waals surface area contributed by atoms with E-state index in [-0.39, 0.29) is 0 Å². The Balaban J connectivity index is 5.82. The summed E-state index contributed by atoms with van der Waals surface area (Å²) >= 11 is 0. The number of hydrogen-bond donors (Lipinski definition) is 0. The molecule has 0 fully saturated rings. The Morgan fingerprint density at radius 1 is 0.750 bits per heavy atom. The smallest absolute Gasteiger partial charge is 0.396 e. The van der Waals surface area contributed by atoms with E-state index in [1.54, 1.807) is 0 Å². The minimum absolute atomic E-state index is 0.752. The molecule has 0 radical (unpaired) electrons. The summed E-state index contributed by atoms with van der Waals surface area (Å²) in [4.78, 5) is 11.8. The summed E-state index contributed by atoms with van der Waals surface area (Å²) in [5.74, 6) is -17.6. The molecular formula is C13H17F9O2. The highest BCUT2D eigenvalue weighted by Gasteiger charge is 2.84. The number of alkyl halides is 9. The number of halogens is 9. The van der Waals surface area contributed by atoms with Crippen molar-refractivity contribution in [2.75, 3.05) is 0 Å². The first kappa shape index (κ1) is 22.8. The van der Waals surface area contributed by atoms with Crippen LogP contribution in [0.15, 0.2) is 0 Å². The lowest BCUT2D eigenvalue weighted by Gasteiger charge is -2.38. The molecule has 2 nitrogen and oxygen atoms in total. The maximum Gasteiger partial charge on any atom is 0.473 e. The predicted molar refractivity (Wildman–Crippen MR) is 64.8 cm³/mol. The first-order chi connectivity index (χ1) is 10.3. The van der Waals surface area contributed by atoms with E-state index in [0.29, 0.717) is 0 Å². The SMILES string of the molecule is CC(C)C(C)(C(=O)OC(F)(F)C(F)(F)C(F)(F)C(F)(F)F)C(C)C. The van der Waals surface area contributed by atoms with E-state index in [4.69, 9.17) is 0 Å². The normalized spacial score (nSPS) is 15.2. The van der Waals surface area contributed by atoms with E-state index in [1.165, 1.54) is 27.7 Å². The van der Waals surface area contributed by atoms with Gasteiger partial charge in [0.15, 0.2) is 0 Å². The van der Waals surface area contributed by atoms with Gasteiger partial charge < -0.3 is 4.74 Å². The van der Waals surface area contributed by atoms with Crippen LogP contribution in [0.5, 0.6) is 0 Å². The van der Waals surface area contributed by atoms with Gasteiger partial charge in [-0.1, -0.05) is 27.7 Å². The molecule has 0 amide bonds. The van der Waals surface area contributed by atoms with Gasteiger partial charge in [0.05, 0.1) is 5.41 Å². The zero-order valence-electron chi connectivity index (χ0n) is 13.4. The highest BCUT2D eigenvalue weighted by Crippen LogP contribution is 2.54. The summed E-state index contributed by atoms with van der Waals surface area (Å²) in [6.45, 7) is 6.45. The molecular weight excluding hydrogens is 359 g/mol. The van der Waals surface area contributed by atoms with Gasteiger partial charge in [0.25, 0.3) is 0 Å². The second-order valence-corrected chi connectivity index (χ2v) is 6.14. The number of carbonyl (C=O) groups is 1. The third-order valence-electron chi connectivity index (χ3n) is 4.18. The molecule has 0 saturated heterocycles. The lowest BCUT2D eigenvalue weighted by atomic mass is 9.70. The maximum atomic E-state index is 13.4. The van der Waals surface area contributed by atoms with Crippen LogP contribution in [-0.2, 0) is 9.53 Å². The molecule has 0 aromatic heterocycles. The molecule has 0 aliphatic heterocycles. The average molecular weight is 376 g/mol. The van der Waals surface area contributed by atoms with Crippen LogP contribution >= 0.6 is 0 Å². The summed E-state index contributed by atoms with van der Waals surface area (Å²) in [6.07, 6.45) is -13.3. The Labute approximate surface area is 132 Å².